The van der Waals surface area contributed by atoms with Gasteiger partial charge in [0.25, 0.3) is 0 Å². The number of benzene rings is 2. The summed E-state index contributed by atoms with van der Waals surface area (Å²) in [5.74, 6) is 0.325. The molecule has 1 saturated heterocycles. The van der Waals surface area contributed by atoms with Crippen molar-refractivity contribution in [3.05, 3.63) is 65.7 Å². The second-order valence-corrected chi connectivity index (χ2v) is 8.86. The van der Waals surface area contributed by atoms with E-state index in [4.69, 9.17) is 9.47 Å². The highest BCUT2D eigenvalue weighted by Crippen LogP contribution is 2.40. The first-order chi connectivity index (χ1) is 14.8. The highest BCUT2D eigenvalue weighted by molar-refractivity contribution is 5.73. The summed E-state index contributed by atoms with van der Waals surface area (Å²) >= 11 is 0. The maximum absolute atomic E-state index is 12.5. The number of methoxy groups -OCH3 is 1. The molecule has 0 N–H and O–H groups in total. The summed E-state index contributed by atoms with van der Waals surface area (Å²) in [5, 5.41) is 0. The number of carbonyl (C=O) groups excluding carboxylic acids is 2. The van der Waals surface area contributed by atoms with E-state index in [1.165, 1.54) is 19.6 Å². The third kappa shape index (κ3) is 5.73. The molecule has 31 heavy (non-hydrogen) atoms. The van der Waals surface area contributed by atoms with Crippen LogP contribution in [0, 0.1) is 11.8 Å². The van der Waals surface area contributed by atoms with Crippen molar-refractivity contribution < 1.29 is 19.1 Å². The molecule has 0 spiro atoms. The largest absolute Gasteiger partial charge is 0.469 e. The van der Waals surface area contributed by atoms with Crippen molar-refractivity contribution >= 4 is 11.9 Å². The Bertz CT molecular complexity index is 897. The molecule has 1 aliphatic rings. The van der Waals surface area contributed by atoms with Crippen molar-refractivity contribution in [3.63, 3.8) is 0 Å². The van der Waals surface area contributed by atoms with Crippen molar-refractivity contribution in [2.24, 2.45) is 11.8 Å². The zero-order valence-corrected chi connectivity index (χ0v) is 19.0. The standard InChI is InChI=1S/C26H33NO4/c1-19-17-27(18-22(25(29)30-4)15-21-9-6-5-7-10-21)14-13-26(19,3)23-11-8-12-24(16-23)31-20(2)28/h5-12,16,19,22H,13-15,17-18H2,1-4H3/t19-,22+,26+/m0/s1. The highest BCUT2D eigenvalue weighted by atomic mass is 16.5. The zero-order valence-electron chi connectivity index (χ0n) is 19.0. The fourth-order valence-electron chi connectivity index (χ4n) is 4.59. The highest BCUT2D eigenvalue weighted by Gasteiger charge is 2.39. The summed E-state index contributed by atoms with van der Waals surface area (Å²) < 4.78 is 10.4. The average Bonchev–Trinajstić information content (AvgIpc) is 2.76. The van der Waals surface area contributed by atoms with E-state index in [1.807, 2.05) is 36.4 Å². The van der Waals surface area contributed by atoms with Gasteiger partial charge in [0.15, 0.2) is 0 Å². The van der Waals surface area contributed by atoms with Gasteiger partial charge in [0.2, 0.25) is 0 Å². The molecule has 1 heterocycles. The van der Waals surface area contributed by atoms with Gasteiger partial charge in [0, 0.05) is 20.0 Å². The van der Waals surface area contributed by atoms with E-state index in [-0.39, 0.29) is 23.3 Å². The Kier molecular flexibility index (Phi) is 7.50. The summed E-state index contributed by atoms with van der Waals surface area (Å²) in [6, 6.07) is 18.0. The molecule has 3 rings (SSSR count). The van der Waals surface area contributed by atoms with Crippen molar-refractivity contribution in [1.82, 2.24) is 4.90 Å². The minimum absolute atomic E-state index is 0.0210. The van der Waals surface area contributed by atoms with Crippen molar-refractivity contribution in [1.29, 1.82) is 0 Å². The summed E-state index contributed by atoms with van der Waals surface area (Å²) in [6.07, 6.45) is 1.65. The van der Waals surface area contributed by atoms with E-state index in [9.17, 15) is 9.59 Å². The van der Waals surface area contributed by atoms with Gasteiger partial charge in [-0.05, 0) is 54.0 Å². The number of carbonyl (C=O) groups is 2. The maximum atomic E-state index is 12.5. The van der Waals surface area contributed by atoms with Crippen LogP contribution in [0.25, 0.3) is 0 Å². The molecule has 0 radical (unpaired) electrons. The van der Waals surface area contributed by atoms with Gasteiger partial charge in [-0.25, -0.2) is 0 Å². The lowest BCUT2D eigenvalue weighted by Gasteiger charge is -2.45. The van der Waals surface area contributed by atoms with Gasteiger partial charge < -0.3 is 14.4 Å². The first-order valence-corrected chi connectivity index (χ1v) is 10.9. The van der Waals surface area contributed by atoms with Crippen LogP contribution in [0.2, 0.25) is 0 Å². The summed E-state index contributed by atoms with van der Waals surface area (Å²) in [7, 11) is 1.46. The Hall–Kier alpha value is -2.66. The monoisotopic (exact) mass is 423 g/mol. The molecule has 0 bridgehead atoms. The van der Waals surface area contributed by atoms with E-state index >= 15 is 0 Å². The van der Waals surface area contributed by atoms with Crippen molar-refractivity contribution in [3.8, 4) is 5.75 Å². The molecule has 2 aromatic rings. The molecule has 0 saturated carbocycles. The van der Waals surface area contributed by atoms with Crippen LogP contribution in [0.4, 0.5) is 0 Å². The number of likely N-dealkylation sites (tertiary alicyclic amines) is 1. The third-order valence-electron chi connectivity index (χ3n) is 6.66. The Balaban J connectivity index is 1.69. The van der Waals surface area contributed by atoms with Crippen LogP contribution in [0.5, 0.6) is 5.75 Å². The molecule has 1 fully saturated rings. The quantitative estimate of drug-likeness (QED) is 0.492. The van der Waals surface area contributed by atoms with Crippen LogP contribution in [0.15, 0.2) is 54.6 Å². The van der Waals surface area contributed by atoms with Gasteiger partial charge in [0.05, 0.1) is 13.0 Å². The zero-order chi connectivity index (χ0) is 22.4. The Labute approximate surface area is 185 Å². The SMILES string of the molecule is COC(=O)[C@H](Cc1ccccc1)CN1CC[C@@](C)(c2cccc(OC(C)=O)c2)[C@@H](C)C1. The first-order valence-electron chi connectivity index (χ1n) is 10.9. The molecule has 0 unspecified atom stereocenters. The number of hydrogen-bond acceptors (Lipinski definition) is 5. The lowest BCUT2D eigenvalue weighted by atomic mass is 9.68. The van der Waals surface area contributed by atoms with E-state index in [2.05, 4.69) is 36.9 Å². The third-order valence-corrected chi connectivity index (χ3v) is 6.66. The van der Waals surface area contributed by atoms with Gasteiger partial charge in [0.1, 0.15) is 5.75 Å². The molecule has 1 aliphatic heterocycles. The predicted octanol–water partition coefficient (Wildman–Crippen LogP) is 4.24. The van der Waals surface area contributed by atoms with Gasteiger partial charge in [-0.15, -0.1) is 0 Å². The van der Waals surface area contributed by atoms with E-state index in [1.54, 1.807) is 0 Å². The van der Waals surface area contributed by atoms with Crippen molar-refractivity contribution in [2.75, 3.05) is 26.7 Å². The molecule has 0 aliphatic carbocycles. The van der Waals surface area contributed by atoms with Crippen LogP contribution in [0.3, 0.4) is 0 Å². The molecule has 166 valence electrons. The van der Waals surface area contributed by atoms with Crippen molar-refractivity contribution in [2.45, 2.75) is 39.0 Å². The fourth-order valence-corrected chi connectivity index (χ4v) is 4.59. The Morgan fingerprint density at radius 2 is 1.90 bits per heavy atom. The molecular formula is C26H33NO4. The molecule has 5 heteroatoms. The maximum Gasteiger partial charge on any atom is 0.310 e. The van der Waals surface area contributed by atoms with E-state index < -0.39 is 0 Å². The van der Waals surface area contributed by atoms with Crippen LogP contribution in [-0.2, 0) is 26.2 Å². The fraction of sp³-hybridized carbons (Fsp3) is 0.462. The molecule has 0 amide bonds. The number of hydrogen-bond donors (Lipinski definition) is 0. The second kappa shape index (κ2) is 10.1. The van der Waals surface area contributed by atoms with Gasteiger partial charge in [-0.3, -0.25) is 9.59 Å². The minimum Gasteiger partial charge on any atom is -0.469 e. The Morgan fingerprint density at radius 3 is 2.55 bits per heavy atom. The first kappa shape index (κ1) is 23.0. The summed E-state index contributed by atoms with van der Waals surface area (Å²) in [5.41, 5.74) is 2.31. The van der Waals surface area contributed by atoms with Crippen LogP contribution < -0.4 is 4.74 Å². The van der Waals surface area contributed by atoms with Gasteiger partial charge >= 0.3 is 11.9 Å². The van der Waals surface area contributed by atoms with Crippen LogP contribution >= 0.6 is 0 Å². The van der Waals surface area contributed by atoms with Gasteiger partial charge in [-0.2, -0.15) is 0 Å². The summed E-state index contributed by atoms with van der Waals surface area (Å²) in [6.45, 7) is 8.45. The van der Waals surface area contributed by atoms with Crippen LogP contribution in [-0.4, -0.2) is 43.6 Å². The Morgan fingerprint density at radius 1 is 1.16 bits per heavy atom. The number of nitrogens with zero attached hydrogens (tertiary/aromatic N) is 1. The van der Waals surface area contributed by atoms with E-state index in [0.29, 0.717) is 24.6 Å². The average molecular weight is 424 g/mol. The summed E-state index contributed by atoms with van der Waals surface area (Å²) in [4.78, 5) is 26.2. The number of ether oxygens (including phenoxy) is 2. The van der Waals surface area contributed by atoms with E-state index in [0.717, 1.165) is 25.1 Å². The molecule has 0 aromatic heterocycles. The molecular weight excluding hydrogens is 390 g/mol. The predicted molar refractivity (Wildman–Crippen MR) is 121 cm³/mol. The molecule has 5 nitrogen and oxygen atoms in total. The van der Waals surface area contributed by atoms with Gasteiger partial charge in [-0.1, -0.05) is 56.3 Å². The minimum atomic E-state index is -0.308. The normalized spacial score (nSPS) is 22.5. The molecule has 2 aromatic carbocycles. The van der Waals surface area contributed by atoms with Crippen LogP contribution in [0.1, 0.15) is 38.3 Å². The number of esters is 2. The lowest BCUT2D eigenvalue weighted by Crippen LogP contribution is -2.49. The second-order valence-electron chi connectivity index (χ2n) is 8.86. The smallest absolute Gasteiger partial charge is 0.310 e. The lowest BCUT2D eigenvalue weighted by molar-refractivity contribution is -0.146. The number of piperidine rings is 1. The topological polar surface area (TPSA) is 55.8 Å². The number of rotatable bonds is 7. The molecule has 3 atom stereocenters.